The summed E-state index contributed by atoms with van der Waals surface area (Å²) in [7, 11) is 0. The third-order valence-corrected chi connectivity index (χ3v) is 4.56. The van der Waals surface area contributed by atoms with Crippen molar-refractivity contribution >= 4 is 5.91 Å². The van der Waals surface area contributed by atoms with E-state index in [-0.39, 0.29) is 11.9 Å². The van der Waals surface area contributed by atoms with Gasteiger partial charge in [-0.3, -0.25) is 14.5 Å². The number of amides is 1. The van der Waals surface area contributed by atoms with E-state index in [2.05, 4.69) is 28.0 Å². The number of nitrogens with zero attached hydrogens (tertiary/aromatic N) is 4. The van der Waals surface area contributed by atoms with Crippen LogP contribution in [0.3, 0.4) is 0 Å². The van der Waals surface area contributed by atoms with Crippen molar-refractivity contribution in [2.75, 3.05) is 6.54 Å². The van der Waals surface area contributed by atoms with E-state index < -0.39 is 0 Å². The smallest absolute Gasteiger partial charge is 0.223 e. The summed E-state index contributed by atoms with van der Waals surface area (Å²) in [5, 5.41) is 4.53. The fourth-order valence-corrected chi connectivity index (χ4v) is 3.36. The fourth-order valence-electron chi connectivity index (χ4n) is 3.36. The zero-order chi connectivity index (χ0) is 16.2. The van der Waals surface area contributed by atoms with Gasteiger partial charge in [0.2, 0.25) is 5.91 Å². The molecule has 0 N–H and O–H groups in total. The summed E-state index contributed by atoms with van der Waals surface area (Å²) in [6.45, 7) is 5.76. The van der Waals surface area contributed by atoms with Crippen LogP contribution in [0, 0.1) is 13.8 Å². The highest BCUT2D eigenvalue weighted by atomic mass is 16.2. The maximum atomic E-state index is 12.6. The summed E-state index contributed by atoms with van der Waals surface area (Å²) < 4.78 is 2.04. The van der Waals surface area contributed by atoms with Crippen LogP contribution in [0.1, 0.15) is 36.2 Å². The second-order valence-corrected chi connectivity index (χ2v) is 6.35. The molecule has 1 aliphatic rings. The molecule has 5 nitrogen and oxygen atoms in total. The maximum Gasteiger partial charge on any atom is 0.223 e. The van der Waals surface area contributed by atoms with E-state index in [9.17, 15) is 4.79 Å². The molecule has 1 aliphatic heterocycles. The lowest BCUT2D eigenvalue weighted by molar-refractivity contribution is -0.132. The van der Waals surface area contributed by atoms with E-state index in [4.69, 9.17) is 0 Å². The van der Waals surface area contributed by atoms with Crippen LogP contribution < -0.4 is 0 Å². The Hall–Kier alpha value is -2.17. The highest BCUT2D eigenvalue weighted by Gasteiger charge is 2.29. The lowest BCUT2D eigenvalue weighted by atomic mass is 10.1. The van der Waals surface area contributed by atoms with Gasteiger partial charge in [0.25, 0.3) is 0 Å². The van der Waals surface area contributed by atoms with Crippen molar-refractivity contribution in [3.63, 3.8) is 0 Å². The van der Waals surface area contributed by atoms with Gasteiger partial charge < -0.3 is 4.90 Å². The predicted molar refractivity (Wildman–Crippen MR) is 89.0 cm³/mol. The Morgan fingerprint density at radius 2 is 2.09 bits per heavy atom. The van der Waals surface area contributed by atoms with Crippen LogP contribution in [0.5, 0.6) is 0 Å². The van der Waals surface area contributed by atoms with E-state index in [1.165, 1.54) is 11.3 Å². The van der Waals surface area contributed by atoms with Crippen LogP contribution in [0.15, 0.2) is 30.6 Å². The Labute approximate surface area is 137 Å². The fraction of sp³-hybridized carbons (Fsp3) is 0.500. The Kier molecular flexibility index (Phi) is 4.74. The number of carbonyl (C=O) groups is 1. The van der Waals surface area contributed by atoms with E-state index in [1.807, 2.05) is 23.7 Å². The first-order valence-corrected chi connectivity index (χ1v) is 8.33. The molecule has 0 bridgehead atoms. The molecule has 3 heterocycles. The zero-order valence-electron chi connectivity index (χ0n) is 13.9. The lowest BCUT2D eigenvalue weighted by Gasteiger charge is -2.25. The molecule has 0 aromatic carbocycles. The number of pyridine rings is 1. The average molecular weight is 312 g/mol. The van der Waals surface area contributed by atoms with Gasteiger partial charge in [-0.1, -0.05) is 0 Å². The summed E-state index contributed by atoms with van der Waals surface area (Å²) in [5.74, 6) is 0.255. The minimum atomic E-state index is 0.255. The van der Waals surface area contributed by atoms with Gasteiger partial charge in [-0.25, -0.2) is 0 Å². The van der Waals surface area contributed by atoms with Crippen molar-refractivity contribution in [2.45, 2.75) is 52.1 Å². The molecule has 0 saturated carbocycles. The maximum absolute atomic E-state index is 12.6. The lowest BCUT2D eigenvalue weighted by Crippen LogP contribution is -2.38. The molecule has 122 valence electrons. The molecule has 1 atom stereocenters. The molecule has 3 rings (SSSR count). The molecule has 0 aliphatic carbocycles. The van der Waals surface area contributed by atoms with Gasteiger partial charge in [-0.05, 0) is 56.9 Å². The zero-order valence-corrected chi connectivity index (χ0v) is 13.9. The Balaban J connectivity index is 1.59. The molecule has 1 saturated heterocycles. The number of likely N-dealkylation sites (tertiary alicyclic amines) is 1. The standard InChI is InChI=1S/C18H24N4O/c1-14-12-15(2)22(20-14)13-17-4-3-11-21(17)18(23)6-5-16-7-9-19-10-8-16/h7-10,12,17H,3-6,11,13H2,1-2H3/t17-/m1/s1. The van der Waals surface area contributed by atoms with Gasteiger partial charge in [0, 0.05) is 31.1 Å². The first-order chi connectivity index (χ1) is 11.1. The SMILES string of the molecule is Cc1cc(C)n(C[C@H]2CCCN2C(=O)CCc2ccncc2)n1. The van der Waals surface area contributed by atoms with Crippen LogP contribution in [0.2, 0.25) is 0 Å². The quantitative estimate of drug-likeness (QED) is 0.852. The van der Waals surface area contributed by atoms with Gasteiger partial charge in [0.1, 0.15) is 0 Å². The van der Waals surface area contributed by atoms with Crippen LogP contribution >= 0.6 is 0 Å². The van der Waals surface area contributed by atoms with Crippen LogP contribution in [-0.4, -0.2) is 38.2 Å². The van der Waals surface area contributed by atoms with Crippen molar-refractivity contribution in [1.29, 1.82) is 0 Å². The Bertz CT molecular complexity index is 665. The largest absolute Gasteiger partial charge is 0.338 e. The Morgan fingerprint density at radius 1 is 1.30 bits per heavy atom. The van der Waals surface area contributed by atoms with Crippen molar-refractivity contribution in [3.05, 3.63) is 47.5 Å². The van der Waals surface area contributed by atoms with E-state index in [0.717, 1.165) is 38.0 Å². The second kappa shape index (κ2) is 6.94. The monoisotopic (exact) mass is 312 g/mol. The molecule has 0 spiro atoms. The van der Waals surface area contributed by atoms with Gasteiger partial charge in [0.05, 0.1) is 18.3 Å². The molecule has 1 amide bonds. The summed E-state index contributed by atoms with van der Waals surface area (Å²) in [5.41, 5.74) is 3.37. The van der Waals surface area contributed by atoms with Crippen molar-refractivity contribution in [3.8, 4) is 0 Å². The Morgan fingerprint density at radius 3 is 2.78 bits per heavy atom. The topological polar surface area (TPSA) is 51.0 Å². The highest BCUT2D eigenvalue weighted by molar-refractivity contribution is 5.77. The normalized spacial score (nSPS) is 17.7. The van der Waals surface area contributed by atoms with Crippen molar-refractivity contribution < 1.29 is 4.79 Å². The predicted octanol–water partition coefficient (Wildman–Crippen LogP) is 2.52. The minimum Gasteiger partial charge on any atom is -0.338 e. The second-order valence-electron chi connectivity index (χ2n) is 6.35. The third-order valence-electron chi connectivity index (χ3n) is 4.56. The summed E-state index contributed by atoms with van der Waals surface area (Å²) in [6.07, 6.45) is 7.06. The third kappa shape index (κ3) is 3.78. The first kappa shape index (κ1) is 15.7. The van der Waals surface area contributed by atoms with E-state index in [1.54, 1.807) is 12.4 Å². The highest BCUT2D eigenvalue weighted by Crippen LogP contribution is 2.21. The molecular formula is C18H24N4O. The van der Waals surface area contributed by atoms with E-state index in [0.29, 0.717) is 6.42 Å². The molecule has 23 heavy (non-hydrogen) atoms. The number of hydrogen-bond acceptors (Lipinski definition) is 3. The number of aryl methyl sites for hydroxylation is 3. The molecular weight excluding hydrogens is 288 g/mol. The van der Waals surface area contributed by atoms with Crippen molar-refractivity contribution in [2.24, 2.45) is 0 Å². The van der Waals surface area contributed by atoms with Crippen LogP contribution in [0.25, 0.3) is 0 Å². The van der Waals surface area contributed by atoms with Gasteiger partial charge in [-0.15, -0.1) is 0 Å². The minimum absolute atomic E-state index is 0.255. The average Bonchev–Trinajstić information content (AvgIpc) is 3.13. The van der Waals surface area contributed by atoms with E-state index >= 15 is 0 Å². The molecule has 2 aromatic rings. The first-order valence-electron chi connectivity index (χ1n) is 8.33. The molecule has 5 heteroatoms. The summed E-state index contributed by atoms with van der Waals surface area (Å²) >= 11 is 0. The molecule has 0 radical (unpaired) electrons. The van der Waals surface area contributed by atoms with Gasteiger partial charge in [-0.2, -0.15) is 5.10 Å². The molecule has 0 unspecified atom stereocenters. The molecule has 1 fully saturated rings. The van der Waals surface area contributed by atoms with Crippen molar-refractivity contribution in [1.82, 2.24) is 19.7 Å². The van der Waals surface area contributed by atoms with Gasteiger partial charge in [0.15, 0.2) is 0 Å². The number of rotatable bonds is 5. The number of hydrogen-bond donors (Lipinski definition) is 0. The molecule has 2 aromatic heterocycles. The number of carbonyl (C=O) groups excluding carboxylic acids is 1. The summed E-state index contributed by atoms with van der Waals surface area (Å²) in [6, 6.07) is 6.32. The van der Waals surface area contributed by atoms with Gasteiger partial charge >= 0.3 is 0 Å². The van der Waals surface area contributed by atoms with Crippen LogP contribution in [0.4, 0.5) is 0 Å². The van der Waals surface area contributed by atoms with Crippen LogP contribution in [-0.2, 0) is 17.8 Å². The summed E-state index contributed by atoms with van der Waals surface area (Å²) in [4.78, 5) is 18.7. The number of aromatic nitrogens is 3.